The van der Waals surface area contributed by atoms with Crippen molar-refractivity contribution in [2.24, 2.45) is 5.84 Å². The molecule has 4 rings (SSSR count). The van der Waals surface area contributed by atoms with Crippen molar-refractivity contribution in [1.82, 2.24) is 9.80 Å². The van der Waals surface area contributed by atoms with E-state index in [1.165, 1.54) is 27.3 Å². The first-order valence-corrected chi connectivity index (χ1v) is 12.6. The summed E-state index contributed by atoms with van der Waals surface area (Å²) in [5, 5.41) is 8.45. The van der Waals surface area contributed by atoms with Gasteiger partial charge in [-0.3, -0.25) is 20.1 Å². The third-order valence-electron chi connectivity index (χ3n) is 6.82. The maximum atomic E-state index is 12.9. The van der Waals surface area contributed by atoms with Crippen LogP contribution in [0.15, 0.2) is 61.7 Å². The molecule has 1 unspecified atom stereocenters. The highest BCUT2D eigenvalue weighted by molar-refractivity contribution is 5.80. The van der Waals surface area contributed by atoms with Crippen molar-refractivity contribution in [3.8, 4) is 0 Å². The van der Waals surface area contributed by atoms with E-state index in [4.69, 9.17) is 11.3 Å². The summed E-state index contributed by atoms with van der Waals surface area (Å²) in [4.78, 5) is 17.3. The van der Waals surface area contributed by atoms with Crippen LogP contribution in [-0.4, -0.2) is 54.3 Å². The first-order valence-electron chi connectivity index (χ1n) is 12.6. The van der Waals surface area contributed by atoms with E-state index < -0.39 is 0 Å². The number of rotatable bonds is 8. The predicted octanol–water partition coefficient (Wildman–Crippen LogP) is 4.44. The highest BCUT2D eigenvalue weighted by atomic mass is 16.2. The Bertz CT molecular complexity index is 1050. The fourth-order valence-corrected chi connectivity index (χ4v) is 4.77. The number of anilines is 1. The number of fused-ring (bicyclic) bond motifs is 1. The number of carbonyl (C=O) groups is 1. The lowest BCUT2D eigenvalue weighted by Crippen LogP contribution is -2.54. The highest BCUT2D eigenvalue weighted by Crippen LogP contribution is 2.31. The number of aryl methyl sites for hydroxylation is 1. The molecule has 3 N–H and O–H groups in total. The van der Waals surface area contributed by atoms with E-state index >= 15 is 0 Å². The Labute approximate surface area is 210 Å². The van der Waals surface area contributed by atoms with E-state index in [0.29, 0.717) is 13.0 Å². The molecule has 2 aromatic carbocycles. The van der Waals surface area contributed by atoms with Crippen LogP contribution in [0.1, 0.15) is 42.5 Å². The van der Waals surface area contributed by atoms with Gasteiger partial charge in [0.1, 0.15) is 6.34 Å². The van der Waals surface area contributed by atoms with Gasteiger partial charge in [0.05, 0.1) is 12.1 Å². The lowest BCUT2D eigenvalue weighted by atomic mass is 10.0. The quantitative estimate of drug-likeness (QED) is 0.195. The second kappa shape index (κ2) is 12.5. The van der Waals surface area contributed by atoms with Gasteiger partial charge in [-0.2, -0.15) is 0 Å². The molecule has 1 amide bonds. The summed E-state index contributed by atoms with van der Waals surface area (Å²) in [7, 11) is 0. The molecule has 1 aliphatic carbocycles. The van der Waals surface area contributed by atoms with Gasteiger partial charge in [-0.25, -0.2) is 5.84 Å². The largest absolute Gasteiger partial charge is 0.339 e. The molecule has 6 nitrogen and oxygen atoms in total. The van der Waals surface area contributed by atoms with Gasteiger partial charge in [0.15, 0.2) is 0 Å². The van der Waals surface area contributed by atoms with Gasteiger partial charge in [-0.05, 0) is 59.2 Å². The predicted molar refractivity (Wildman–Crippen MR) is 147 cm³/mol. The summed E-state index contributed by atoms with van der Waals surface area (Å²) >= 11 is 0. The summed E-state index contributed by atoms with van der Waals surface area (Å²) in [6, 6.07) is 14.4. The summed E-state index contributed by atoms with van der Waals surface area (Å²) < 4.78 is 0. The Hall–Kier alpha value is -3.22. The number of hydrazine groups is 1. The number of nitrogens with one attached hydrogen (secondary N) is 1. The molecular weight excluding hydrogens is 434 g/mol. The summed E-state index contributed by atoms with van der Waals surface area (Å²) in [5.74, 6) is 5.82. The Morgan fingerprint density at radius 1 is 1.14 bits per heavy atom. The van der Waals surface area contributed by atoms with Gasteiger partial charge < -0.3 is 4.90 Å². The maximum Gasteiger partial charge on any atom is 0.227 e. The Kier molecular flexibility index (Phi) is 9.40. The average Bonchev–Trinajstić information content (AvgIpc) is 3.28. The molecule has 186 valence electrons. The van der Waals surface area contributed by atoms with Crippen LogP contribution >= 0.6 is 0 Å². The zero-order valence-electron chi connectivity index (χ0n) is 21.2. The topological polar surface area (TPSA) is 76.7 Å². The maximum absolute atomic E-state index is 12.9. The van der Waals surface area contributed by atoms with Gasteiger partial charge in [0.25, 0.3) is 0 Å². The number of amides is 1. The zero-order valence-corrected chi connectivity index (χ0v) is 21.2. The third kappa shape index (κ3) is 6.47. The fraction of sp³-hybridized carbons (Fsp3) is 0.379. The second-order valence-electron chi connectivity index (χ2n) is 8.90. The van der Waals surface area contributed by atoms with Gasteiger partial charge in [-0.15, -0.1) is 6.58 Å². The van der Waals surface area contributed by atoms with Crippen molar-refractivity contribution in [3.63, 3.8) is 0 Å². The Morgan fingerprint density at radius 2 is 1.86 bits per heavy atom. The number of allylic oxidation sites excluding steroid dienone is 1. The minimum atomic E-state index is 0.129. The molecule has 0 spiro atoms. The molecule has 0 bridgehead atoms. The molecule has 1 saturated heterocycles. The van der Waals surface area contributed by atoms with Crippen molar-refractivity contribution >= 4 is 23.5 Å². The summed E-state index contributed by atoms with van der Waals surface area (Å²) in [6.45, 7) is 15.4. The molecule has 0 aromatic heterocycles. The molecule has 1 atom stereocenters. The smallest absolute Gasteiger partial charge is 0.227 e. The van der Waals surface area contributed by atoms with Crippen LogP contribution in [0, 0.1) is 5.41 Å². The molecule has 2 aromatic rings. The van der Waals surface area contributed by atoms with Crippen molar-refractivity contribution in [2.45, 2.75) is 45.6 Å². The summed E-state index contributed by atoms with van der Waals surface area (Å²) in [6.07, 6.45) is 6.56. The number of hydrogen-bond acceptors (Lipinski definition) is 4. The Morgan fingerprint density at radius 3 is 2.54 bits per heavy atom. The van der Waals surface area contributed by atoms with Gasteiger partial charge >= 0.3 is 0 Å². The van der Waals surface area contributed by atoms with E-state index in [1.807, 2.05) is 49.1 Å². The first kappa shape index (κ1) is 26.4. The van der Waals surface area contributed by atoms with Crippen LogP contribution in [0.25, 0.3) is 5.57 Å². The van der Waals surface area contributed by atoms with Crippen LogP contribution in [0.2, 0.25) is 0 Å². The number of carbonyl (C=O) groups excluding carboxylic acids is 1. The monoisotopic (exact) mass is 473 g/mol. The van der Waals surface area contributed by atoms with Crippen LogP contribution in [0.5, 0.6) is 0 Å². The molecule has 0 saturated carbocycles. The SMILES string of the molecule is C=CC1CN(C(=O)Cc2ccc(N(N)C=N)cc2)CCN1CCc1ccc2c(c1)CCC2=C.CC. The standard InChI is InChI=1S/C27H33N5O.C2H6/c1-3-24-18-31(27(33)17-21-5-9-25(10-6-21)32(29)19-28)15-14-30(24)13-12-22-7-11-26-20(2)4-8-23(26)16-22;1-2/h3,5-7,9-11,16,19,24,28H,1-2,4,8,12-15,17-18,29H2;1-2H3. The number of nitrogens with two attached hydrogens (primary N) is 1. The molecule has 1 fully saturated rings. The molecule has 2 aliphatic rings. The zero-order chi connectivity index (χ0) is 25.4. The lowest BCUT2D eigenvalue weighted by molar-refractivity contribution is -0.133. The minimum Gasteiger partial charge on any atom is -0.339 e. The third-order valence-corrected chi connectivity index (χ3v) is 6.82. The van der Waals surface area contributed by atoms with E-state index in [9.17, 15) is 4.79 Å². The highest BCUT2D eigenvalue weighted by Gasteiger charge is 2.27. The van der Waals surface area contributed by atoms with Crippen molar-refractivity contribution < 1.29 is 4.79 Å². The first-order chi connectivity index (χ1) is 17.0. The second-order valence-corrected chi connectivity index (χ2v) is 8.90. The van der Waals surface area contributed by atoms with Crippen LogP contribution < -0.4 is 10.9 Å². The van der Waals surface area contributed by atoms with Gasteiger partial charge in [-0.1, -0.05) is 56.8 Å². The minimum absolute atomic E-state index is 0.129. The fourth-order valence-electron chi connectivity index (χ4n) is 4.77. The van der Waals surface area contributed by atoms with E-state index in [0.717, 1.165) is 56.5 Å². The molecule has 6 heteroatoms. The Balaban J connectivity index is 0.00000167. The molecular formula is C29H39N5O. The lowest BCUT2D eigenvalue weighted by Gasteiger charge is -2.40. The van der Waals surface area contributed by atoms with Crippen LogP contribution in [0.3, 0.4) is 0 Å². The van der Waals surface area contributed by atoms with E-state index in [-0.39, 0.29) is 11.9 Å². The normalized spacial score (nSPS) is 17.3. The molecule has 0 radical (unpaired) electrons. The molecule has 1 heterocycles. The van der Waals surface area contributed by atoms with Crippen molar-refractivity contribution in [3.05, 3.63) is 84.0 Å². The van der Waals surface area contributed by atoms with Gasteiger partial charge in [0.2, 0.25) is 5.91 Å². The van der Waals surface area contributed by atoms with Crippen molar-refractivity contribution in [2.75, 3.05) is 31.2 Å². The van der Waals surface area contributed by atoms with E-state index in [1.54, 1.807) is 0 Å². The van der Waals surface area contributed by atoms with Crippen LogP contribution in [0.4, 0.5) is 5.69 Å². The number of benzene rings is 2. The van der Waals surface area contributed by atoms with E-state index in [2.05, 4.69) is 36.3 Å². The average molecular weight is 474 g/mol. The van der Waals surface area contributed by atoms with Crippen LogP contribution in [-0.2, 0) is 24.1 Å². The number of hydrogen-bond donors (Lipinski definition) is 2. The molecule has 35 heavy (non-hydrogen) atoms. The van der Waals surface area contributed by atoms with Crippen molar-refractivity contribution in [1.29, 1.82) is 5.41 Å². The number of nitrogens with zero attached hydrogens (tertiary/aromatic N) is 3. The number of piperazine rings is 1. The summed E-state index contributed by atoms with van der Waals surface area (Å²) in [5.41, 5.74) is 7.05. The van der Waals surface area contributed by atoms with Gasteiger partial charge in [0, 0.05) is 32.2 Å². The molecule has 1 aliphatic heterocycles.